The van der Waals surface area contributed by atoms with E-state index in [4.69, 9.17) is 0 Å². The number of anilines is 1. The van der Waals surface area contributed by atoms with Gasteiger partial charge >= 0.3 is 0 Å². The predicted octanol–water partition coefficient (Wildman–Crippen LogP) is 1.53. The third kappa shape index (κ3) is 4.99. The Labute approximate surface area is 137 Å². The monoisotopic (exact) mass is 313 g/mol. The second-order valence-electron chi connectivity index (χ2n) is 6.57. The van der Waals surface area contributed by atoms with Crippen LogP contribution in [0.5, 0.6) is 0 Å². The molecule has 0 radical (unpaired) electrons. The maximum absolute atomic E-state index is 12.1. The number of nitriles is 1. The first-order valence-corrected chi connectivity index (χ1v) is 7.73. The van der Waals surface area contributed by atoms with Crippen LogP contribution in [-0.2, 0) is 4.79 Å². The van der Waals surface area contributed by atoms with Crippen molar-refractivity contribution >= 4 is 11.7 Å². The first-order chi connectivity index (χ1) is 10.9. The average Bonchev–Trinajstić information content (AvgIpc) is 2.52. The number of rotatable bonds is 3. The number of pyridine rings is 1. The molecule has 1 aromatic heterocycles. The van der Waals surface area contributed by atoms with Gasteiger partial charge in [0, 0.05) is 44.1 Å². The number of hydrogen-bond donors (Lipinski definition) is 1. The van der Waals surface area contributed by atoms with Gasteiger partial charge in [0.2, 0.25) is 0 Å². The zero-order valence-electron chi connectivity index (χ0n) is 13.9. The number of nitrogens with one attached hydrogen (secondary N) is 1. The van der Waals surface area contributed by atoms with Crippen molar-refractivity contribution in [2.24, 2.45) is 0 Å². The quantitative estimate of drug-likeness (QED) is 0.677. The molecule has 0 atom stereocenters. The number of aromatic nitrogens is 1. The zero-order chi connectivity index (χ0) is 16.9. The summed E-state index contributed by atoms with van der Waals surface area (Å²) in [7, 11) is 0. The highest BCUT2D eigenvalue weighted by molar-refractivity contribution is 5.97. The molecule has 122 valence electrons. The van der Waals surface area contributed by atoms with Crippen LogP contribution in [0.4, 0.5) is 5.82 Å². The van der Waals surface area contributed by atoms with Crippen LogP contribution in [0.25, 0.3) is 0 Å². The maximum Gasteiger partial charge on any atom is 0.263 e. The molecule has 1 amide bonds. The van der Waals surface area contributed by atoms with E-state index in [1.54, 1.807) is 12.4 Å². The molecular weight excluding hydrogens is 290 g/mol. The fourth-order valence-electron chi connectivity index (χ4n) is 2.35. The largest absolute Gasteiger partial charge is 0.373 e. The van der Waals surface area contributed by atoms with Gasteiger partial charge in [-0.1, -0.05) is 6.07 Å². The molecule has 6 nitrogen and oxygen atoms in total. The van der Waals surface area contributed by atoms with Crippen molar-refractivity contribution in [2.45, 2.75) is 26.3 Å². The highest BCUT2D eigenvalue weighted by atomic mass is 16.1. The van der Waals surface area contributed by atoms with Crippen molar-refractivity contribution in [3.05, 3.63) is 36.2 Å². The second kappa shape index (κ2) is 7.14. The van der Waals surface area contributed by atoms with Gasteiger partial charge in [-0.05, 0) is 32.9 Å². The molecule has 0 unspecified atom stereocenters. The normalized spacial score (nSPS) is 16.0. The molecule has 6 heteroatoms. The Morgan fingerprint density at radius 1 is 1.30 bits per heavy atom. The molecule has 1 fully saturated rings. The van der Waals surface area contributed by atoms with E-state index < -0.39 is 0 Å². The van der Waals surface area contributed by atoms with Crippen molar-refractivity contribution in [1.29, 1.82) is 5.26 Å². The van der Waals surface area contributed by atoms with Gasteiger partial charge < -0.3 is 15.1 Å². The SMILES string of the molecule is CC(C)(C)NC(=O)/C(C#N)=C\N1CCN(c2ccccn2)CC1. The molecular formula is C17H23N5O. The van der Waals surface area contributed by atoms with Gasteiger partial charge in [0.05, 0.1) is 0 Å². The summed E-state index contributed by atoms with van der Waals surface area (Å²) in [6, 6.07) is 7.85. The van der Waals surface area contributed by atoms with Crippen LogP contribution in [0.3, 0.4) is 0 Å². The Hall–Kier alpha value is -2.55. The molecule has 0 saturated carbocycles. The molecule has 2 heterocycles. The number of carbonyl (C=O) groups is 1. The molecule has 1 aromatic rings. The van der Waals surface area contributed by atoms with Crippen LogP contribution in [0.1, 0.15) is 20.8 Å². The van der Waals surface area contributed by atoms with Gasteiger partial charge in [0.1, 0.15) is 17.5 Å². The lowest BCUT2D eigenvalue weighted by Crippen LogP contribution is -2.45. The van der Waals surface area contributed by atoms with Crippen LogP contribution in [0.2, 0.25) is 0 Å². The molecule has 0 aliphatic carbocycles. The second-order valence-corrected chi connectivity index (χ2v) is 6.57. The number of carbonyl (C=O) groups excluding carboxylic acids is 1. The molecule has 23 heavy (non-hydrogen) atoms. The lowest BCUT2D eigenvalue weighted by Gasteiger charge is -2.35. The molecule has 0 aromatic carbocycles. The van der Waals surface area contributed by atoms with Crippen molar-refractivity contribution in [3.63, 3.8) is 0 Å². The summed E-state index contributed by atoms with van der Waals surface area (Å²) in [5.41, 5.74) is -0.212. The summed E-state index contributed by atoms with van der Waals surface area (Å²) in [6.07, 6.45) is 3.45. The first kappa shape index (κ1) is 16.8. The van der Waals surface area contributed by atoms with Crippen molar-refractivity contribution in [2.75, 3.05) is 31.1 Å². The summed E-state index contributed by atoms with van der Waals surface area (Å²) >= 11 is 0. The fourth-order valence-corrected chi connectivity index (χ4v) is 2.35. The minimum atomic E-state index is -0.356. The summed E-state index contributed by atoms with van der Waals surface area (Å²) in [5, 5.41) is 12.0. The standard InChI is InChI=1S/C17H23N5O/c1-17(2,3)20-16(23)14(12-18)13-21-8-10-22(11-9-21)15-6-4-5-7-19-15/h4-7,13H,8-11H2,1-3H3,(H,20,23)/b14-13-. The molecule has 0 spiro atoms. The third-order valence-corrected chi connectivity index (χ3v) is 3.45. The van der Waals surface area contributed by atoms with Crippen molar-refractivity contribution in [1.82, 2.24) is 15.2 Å². The lowest BCUT2D eigenvalue weighted by atomic mass is 10.1. The highest BCUT2D eigenvalue weighted by Gasteiger charge is 2.20. The number of piperazine rings is 1. The van der Waals surface area contributed by atoms with Gasteiger partial charge in [-0.2, -0.15) is 5.26 Å². The number of hydrogen-bond acceptors (Lipinski definition) is 5. The van der Waals surface area contributed by atoms with Gasteiger partial charge in [0.25, 0.3) is 5.91 Å². The number of nitrogens with zero attached hydrogens (tertiary/aromatic N) is 4. The van der Waals surface area contributed by atoms with Crippen LogP contribution >= 0.6 is 0 Å². The Balaban J connectivity index is 1.96. The van der Waals surface area contributed by atoms with Crippen LogP contribution in [-0.4, -0.2) is 47.5 Å². The fraction of sp³-hybridized carbons (Fsp3) is 0.471. The third-order valence-electron chi connectivity index (χ3n) is 3.45. The molecule has 1 N–H and O–H groups in total. The average molecular weight is 313 g/mol. The minimum absolute atomic E-state index is 0.145. The highest BCUT2D eigenvalue weighted by Crippen LogP contribution is 2.13. The summed E-state index contributed by atoms with van der Waals surface area (Å²) in [6.45, 7) is 8.82. The summed E-state index contributed by atoms with van der Waals surface area (Å²) < 4.78 is 0. The Morgan fingerprint density at radius 2 is 2.00 bits per heavy atom. The van der Waals surface area contributed by atoms with E-state index in [0.717, 1.165) is 32.0 Å². The van der Waals surface area contributed by atoms with E-state index in [1.165, 1.54) is 0 Å². The van der Waals surface area contributed by atoms with E-state index in [-0.39, 0.29) is 17.0 Å². The van der Waals surface area contributed by atoms with Crippen LogP contribution < -0.4 is 10.2 Å². The topological polar surface area (TPSA) is 72.3 Å². The minimum Gasteiger partial charge on any atom is -0.373 e. The van der Waals surface area contributed by atoms with E-state index >= 15 is 0 Å². The molecule has 1 aliphatic rings. The van der Waals surface area contributed by atoms with Crippen LogP contribution in [0, 0.1) is 11.3 Å². The zero-order valence-corrected chi connectivity index (χ0v) is 13.9. The molecule has 1 saturated heterocycles. The van der Waals surface area contributed by atoms with Gasteiger partial charge in [0.15, 0.2) is 0 Å². The smallest absolute Gasteiger partial charge is 0.263 e. The van der Waals surface area contributed by atoms with Gasteiger partial charge in [-0.15, -0.1) is 0 Å². The van der Waals surface area contributed by atoms with E-state index in [9.17, 15) is 10.1 Å². The molecule has 1 aliphatic heterocycles. The van der Waals surface area contributed by atoms with Crippen molar-refractivity contribution < 1.29 is 4.79 Å². The lowest BCUT2D eigenvalue weighted by molar-refractivity contribution is -0.118. The van der Waals surface area contributed by atoms with E-state index in [2.05, 4.69) is 15.2 Å². The van der Waals surface area contributed by atoms with Gasteiger partial charge in [-0.3, -0.25) is 4.79 Å². The van der Waals surface area contributed by atoms with E-state index in [0.29, 0.717) is 0 Å². The Morgan fingerprint density at radius 3 is 2.52 bits per heavy atom. The first-order valence-electron chi connectivity index (χ1n) is 7.73. The Kier molecular flexibility index (Phi) is 5.22. The maximum atomic E-state index is 12.1. The van der Waals surface area contributed by atoms with Crippen LogP contribution in [0.15, 0.2) is 36.2 Å². The number of amides is 1. The van der Waals surface area contributed by atoms with Crippen molar-refractivity contribution in [3.8, 4) is 6.07 Å². The molecule has 2 rings (SSSR count). The predicted molar refractivity (Wildman–Crippen MR) is 89.6 cm³/mol. The van der Waals surface area contributed by atoms with E-state index in [1.807, 2.05) is 49.9 Å². The van der Waals surface area contributed by atoms with Gasteiger partial charge in [-0.25, -0.2) is 4.98 Å². The summed E-state index contributed by atoms with van der Waals surface area (Å²) in [4.78, 5) is 20.7. The Bertz CT molecular complexity index is 604. The molecule has 0 bridgehead atoms. The summed E-state index contributed by atoms with van der Waals surface area (Å²) in [5.74, 6) is 0.634.